The van der Waals surface area contributed by atoms with Crippen LogP contribution < -0.4 is 5.32 Å². The molecule has 0 aliphatic carbocycles. The zero-order valence-corrected chi connectivity index (χ0v) is 10.2. The summed E-state index contributed by atoms with van der Waals surface area (Å²) in [5.41, 5.74) is 0.812. The van der Waals surface area contributed by atoms with Gasteiger partial charge in [0.15, 0.2) is 0 Å². The minimum atomic E-state index is -1.11. The van der Waals surface area contributed by atoms with Gasteiger partial charge in [-0.25, -0.2) is 14.8 Å². The molecule has 0 bridgehead atoms. The number of carbonyl (C=O) groups excluding carboxylic acids is 1. The zero-order chi connectivity index (χ0) is 13.8. The highest BCUT2D eigenvalue weighted by Gasteiger charge is 2.22. The lowest BCUT2D eigenvalue weighted by atomic mass is 10.1. The third kappa shape index (κ3) is 3.18. The maximum absolute atomic E-state index is 11.8. The van der Waals surface area contributed by atoms with Gasteiger partial charge in [0, 0.05) is 31.6 Å². The standard InChI is InChI=1S/C11H13N5O3/c1-16-4-9(14-6-16)10(17)15-8(11(18)19)2-7-3-12-5-13-7/h3-6,8H,2H2,1H3,(H,12,13)(H,15,17)(H,18,19). The van der Waals surface area contributed by atoms with Crippen LogP contribution in [0.1, 0.15) is 16.2 Å². The van der Waals surface area contributed by atoms with E-state index in [-0.39, 0.29) is 12.1 Å². The van der Waals surface area contributed by atoms with Gasteiger partial charge in [0.1, 0.15) is 11.7 Å². The van der Waals surface area contributed by atoms with E-state index in [0.717, 1.165) is 0 Å². The van der Waals surface area contributed by atoms with Gasteiger partial charge in [-0.2, -0.15) is 0 Å². The molecule has 2 aromatic heterocycles. The smallest absolute Gasteiger partial charge is 0.326 e. The predicted octanol–water partition coefficient (Wildman–Crippen LogP) is -0.431. The Kier molecular flexibility index (Phi) is 3.60. The molecule has 0 spiro atoms. The number of carboxylic acid groups (broad SMARTS) is 1. The number of carbonyl (C=O) groups is 2. The van der Waals surface area contributed by atoms with E-state index in [1.807, 2.05) is 0 Å². The molecule has 0 aromatic carbocycles. The predicted molar refractivity (Wildman–Crippen MR) is 64.4 cm³/mol. The van der Waals surface area contributed by atoms with E-state index in [1.54, 1.807) is 11.6 Å². The zero-order valence-electron chi connectivity index (χ0n) is 10.2. The molecule has 0 saturated heterocycles. The Labute approximate surface area is 108 Å². The van der Waals surface area contributed by atoms with Crippen molar-refractivity contribution in [1.29, 1.82) is 0 Å². The van der Waals surface area contributed by atoms with E-state index in [2.05, 4.69) is 20.3 Å². The van der Waals surface area contributed by atoms with Gasteiger partial charge in [-0.05, 0) is 0 Å². The van der Waals surface area contributed by atoms with E-state index >= 15 is 0 Å². The van der Waals surface area contributed by atoms with Gasteiger partial charge in [0.2, 0.25) is 0 Å². The molecule has 0 radical (unpaired) electrons. The van der Waals surface area contributed by atoms with E-state index in [1.165, 1.54) is 25.0 Å². The molecule has 0 aliphatic rings. The number of amides is 1. The maximum Gasteiger partial charge on any atom is 0.326 e. The Morgan fingerprint density at radius 1 is 1.58 bits per heavy atom. The second-order valence-corrected chi connectivity index (χ2v) is 4.07. The third-order valence-corrected chi connectivity index (χ3v) is 2.52. The van der Waals surface area contributed by atoms with Gasteiger partial charge in [0.25, 0.3) is 5.91 Å². The monoisotopic (exact) mass is 263 g/mol. The first kappa shape index (κ1) is 12.8. The summed E-state index contributed by atoms with van der Waals surface area (Å²) in [5.74, 6) is -1.63. The first-order valence-electron chi connectivity index (χ1n) is 5.55. The lowest BCUT2D eigenvalue weighted by molar-refractivity contribution is -0.139. The Morgan fingerprint density at radius 2 is 2.37 bits per heavy atom. The van der Waals surface area contributed by atoms with Crippen LogP contribution in [0.25, 0.3) is 0 Å². The van der Waals surface area contributed by atoms with Crippen molar-refractivity contribution in [2.24, 2.45) is 7.05 Å². The number of H-pyrrole nitrogens is 1. The van der Waals surface area contributed by atoms with Crippen molar-refractivity contribution in [3.8, 4) is 0 Å². The van der Waals surface area contributed by atoms with Crippen LogP contribution in [0.2, 0.25) is 0 Å². The van der Waals surface area contributed by atoms with Gasteiger partial charge in [-0.1, -0.05) is 0 Å². The molecule has 1 amide bonds. The van der Waals surface area contributed by atoms with E-state index in [9.17, 15) is 9.59 Å². The molecule has 8 nitrogen and oxygen atoms in total. The normalized spacial score (nSPS) is 12.1. The molecule has 100 valence electrons. The number of hydrogen-bond acceptors (Lipinski definition) is 4. The molecular formula is C11H13N5O3. The van der Waals surface area contributed by atoms with Crippen molar-refractivity contribution in [2.75, 3.05) is 0 Å². The maximum atomic E-state index is 11.8. The summed E-state index contributed by atoms with van der Waals surface area (Å²) < 4.78 is 1.61. The molecule has 1 atom stereocenters. The molecule has 0 saturated carbocycles. The number of rotatable bonds is 5. The lowest BCUT2D eigenvalue weighted by Crippen LogP contribution is -2.42. The number of aromatic nitrogens is 4. The molecule has 19 heavy (non-hydrogen) atoms. The summed E-state index contributed by atoms with van der Waals surface area (Å²) in [4.78, 5) is 33.4. The van der Waals surface area contributed by atoms with Gasteiger partial charge in [-0.3, -0.25) is 4.79 Å². The summed E-state index contributed by atoms with van der Waals surface area (Å²) >= 11 is 0. The number of nitrogens with one attached hydrogen (secondary N) is 2. The number of hydrogen-bond donors (Lipinski definition) is 3. The molecule has 8 heteroatoms. The summed E-state index contributed by atoms with van der Waals surface area (Å²) in [6, 6.07) is -1.03. The average Bonchev–Trinajstić information content (AvgIpc) is 2.99. The van der Waals surface area contributed by atoms with Crippen molar-refractivity contribution in [3.05, 3.63) is 36.4 Å². The van der Waals surface area contributed by atoms with Gasteiger partial charge >= 0.3 is 5.97 Å². The van der Waals surface area contributed by atoms with Gasteiger partial charge in [-0.15, -0.1) is 0 Å². The van der Waals surface area contributed by atoms with Crippen molar-refractivity contribution in [1.82, 2.24) is 24.8 Å². The van der Waals surface area contributed by atoms with Crippen molar-refractivity contribution < 1.29 is 14.7 Å². The van der Waals surface area contributed by atoms with Crippen LogP contribution in [0.5, 0.6) is 0 Å². The fraction of sp³-hybridized carbons (Fsp3) is 0.273. The quantitative estimate of drug-likeness (QED) is 0.677. The Balaban J connectivity index is 2.04. The number of imidazole rings is 2. The minimum absolute atomic E-state index is 0.133. The Bertz CT molecular complexity index is 575. The van der Waals surface area contributed by atoms with Gasteiger partial charge < -0.3 is 20.0 Å². The van der Waals surface area contributed by atoms with E-state index in [0.29, 0.717) is 5.69 Å². The van der Waals surface area contributed by atoms with Crippen LogP contribution in [-0.4, -0.2) is 42.5 Å². The van der Waals surface area contributed by atoms with E-state index in [4.69, 9.17) is 5.11 Å². The number of nitrogens with zero attached hydrogens (tertiary/aromatic N) is 3. The summed E-state index contributed by atoms with van der Waals surface area (Å²) in [6.07, 6.45) is 6.09. The third-order valence-electron chi connectivity index (χ3n) is 2.52. The molecule has 2 aromatic rings. The molecule has 1 unspecified atom stereocenters. The highest BCUT2D eigenvalue weighted by atomic mass is 16.4. The van der Waals surface area contributed by atoms with E-state index < -0.39 is 17.9 Å². The topological polar surface area (TPSA) is 113 Å². The second kappa shape index (κ2) is 5.34. The molecule has 2 rings (SSSR count). The van der Waals surface area contributed by atoms with Crippen LogP contribution in [0.15, 0.2) is 25.0 Å². The average molecular weight is 263 g/mol. The van der Waals surface area contributed by atoms with Crippen LogP contribution in [0, 0.1) is 0 Å². The largest absolute Gasteiger partial charge is 0.480 e. The SMILES string of the molecule is Cn1cnc(C(=O)NC(Cc2cnc[nH]2)C(=O)O)c1. The number of aliphatic carboxylic acids is 1. The van der Waals surface area contributed by atoms with Gasteiger partial charge in [0.05, 0.1) is 12.7 Å². The van der Waals surface area contributed by atoms with Crippen LogP contribution >= 0.6 is 0 Å². The van der Waals surface area contributed by atoms with Crippen LogP contribution in [0.4, 0.5) is 0 Å². The fourth-order valence-corrected chi connectivity index (χ4v) is 1.58. The molecule has 2 heterocycles. The molecule has 3 N–H and O–H groups in total. The highest BCUT2D eigenvalue weighted by Crippen LogP contribution is 2.01. The molecule has 0 fully saturated rings. The first-order chi connectivity index (χ1) is 9.06. The highest BCUT2D eigenvalue weighted by molar-refractivity contribution is 5.94. The fourth-order valence-electron chi connectivity index (χ4n) is 1.58. The van der Waals surface area contributed by atoms with Crippen molar-refractivity contribution >= 4 is 11.9 Å². The number of aryl methyl sites for hydroxylation is 1. The molecular weight excluding hydrogens is 250 g/mol. The lowest BCUT2D eigenvalue weighted by Gasteiger charge is -2.12. The number of aromatic amines is 1. The first-order valence-corrected chi connectivity index (χ1v) is 5.55. The summed E-state index contributed by atoms with van der Waals surface area (Å²) in [7, 11) is 1.73. The van der Waals surface area contributed by atoms with Crippen molar-refractivity contribution in [2.45, 2.75) is 12.5 Å². The van der Waals surface area contributed by atoms with Crippen LogP contribution in [-0.2, 0) is 18.3 Å². The summed E-state index contributed by atoms with van der Waals surface area (Å²) in [5, 5.41) is 11.5. The summed E-state index contributed by atoms with van der Waals surface area (Å²) in [6.45, 7) is 0. The Hall–Kier alpha value is -2.64. The minimum Gasteiger partial charge on any atom is -0.480 e. The second-order valence-electron chi connectivity index (χ2n) is 4.07. The van der Waals surface area contributed by atoms with Crippen LogP contribution in [0.3, 0.4) is 0 Å². The number of carboxylic acids is 1. The van der Waals surface area contributed by atoms with Crippen molar-refractivity contribution in [3.63, 3.8) is 0 Å². The Morgan fingerprint density at radius 3 is 2.89 bits per heavy atom. The molecule has 0 aliphatic heterocycles.